The molecular formula is C9H10ClN3. The van der Waals surface area contributed by atoms with Crippen molar-refractivity contribution in [1.29, 1.82) is 5.26 Å². The highest BCUT2D eigenvalue weighted by atomic mass is 35.5. The first-order chi connectivity index (χ1) is 6.25. The maximum Gasteiger partial charge on any atom is 0.0849 e. The van der Waals surface area contributed by atoms with E-state index in [1.165, 1.54) is 0 Å². The Morgan fingerprint density at radius 3 is 3.15 bits per heavy atom. The summed E-state index contributed by atoms with van der Waals surface area (Å²) in [4.78, 5) is 4.03. The summed E-state index contributed by atoms with van der Waals surface area (Å²) in [6.07, 6.45) is 2.16. The number of hydrogen-bond acceptors (Lipinski definition) is 3. The zero-order valence-corrected chi connectivity index (χ0v) is 8.10. The molecule has 0 amide bonds. The van der Waals surface area contributed by atoms with Crippen LogP contribution in [0.1, 0.15) is 12.1 Å². The molecule has 0 atom stereocenters. The van der Waals surface area contributed by atoms with Crippen molar-refractivity contribution in [3.63, 3.8) is 0 Å². The van der Waals surface area contributed by atoms with Gasteiger partial charge in [0.1, 0.15) is 0 Å². The van der Waals surface area contributed by atoms with Gasteiger partial charge in [-0.3, -0.25) is 4.98 Å². The van der Waals surface area contributed by atoms with Gasteiger partial charge >= 0.3 is 0 Å². The van der Waals surface area contributed by atoms with Crippen LogP contribution < -0.4 is 5.32 Å². The third kappa shape index (κ3) is 2.60. The SMILES string of the molecule is Cc1nccc(NCCC#N)c1Cl. The minimum absolute atomic E-state index is 0.470. The Hall–Kier alpha value is -1.27. The molecule has 4 heteroatoms. The van der Waals surface area contributed by atoms with Crippen LogP contribution in [0.2, 0.25) is 5.02 Å². The standard InChI is InChI=1S/C9H10ClN3/c1-7-9(10)8(3-6-12-7)13-5-2-4-11/h3,6H,2,5H2,1H3,(H,12,13). The predicted molar refractivity (Wildman–Crippen MR) is 52.7 cm³/mol. The third-order valence-corrected chi connectivity index (χ3v) is 2.09. The molecule has 1 aromatic rings. The predicted octanol–water partition coefficient (Wildman–Crippen LogP) is 2.37. The molecule has 0 aliphatic rings. The van der Waals surface area contributed by atoms with Gasteiger partial charge in [-0.1, -0.05) is 11.6 Å². The molecule has 0 bridgehead atoms. The molecule has 0 spiro atoms. The van der Waals surface area contributed by atoms with Crippen LogP contribution in [0.25, 0.3) is 0 Å². The Balaban J connectivity index is 2.67. The van der Waals surface area contributed by atoms with E-state index in [1.807, 2.05) is 6.92 Å². The molecule has 0 unspecified atom stereocenters. The van der Waals surface area contributed by atoms with Gasteiger partial charge in [0.25, 0.3) is 0 Å². The molecule has 68 valence electrons. The van der Waals surface area contributed by atoms with Gasteiger partial charge in [-0.05, 0) is 13.0 Å². The maximum absolute atomic E-state index is 8.33. The number of halogens is 1. The van der Waals surface area contributed by atoms with Crippen molar-refractivity contribution < 1.29 is 0 Å². The van der Waals surface area contributed by atoms with E-state index >= 15 is 0 Å². The van der Waals surface area contributed by atoms with Gasteiger partial charge in [-0.25, -0.2) is 0 Å². The van der Waals surface area contributed by atoms with Crippen molar-refractivity contribution >= 4 is 17.3 Å². The summed E-state index contributed by atoms with van der Waals surface area (Å²) in [5.41, 5.74) is 1.63. The summed E-state index contributed by atoms with van der Waals surface area (Å²) in [5, 5.41) is 12.0. The van der Waals surface area contributed by atoms with Gasteiger partial charge in [-0.15, -0.1) is 0 Å². The lowest BCUT2D eigenvalue weighted by Crippen LogP contribution is -2.01. The first-order valence-electron chi connectivity index (χ1n) is 3.97. The number of rotatable bonds is 3. The van der Waals surface area contributed by atoms with E-state index < -0.39 is 0 Å². The second kappa shape index (κ2) is 4.68. The molecule has 0 saturated carbocycles. The highest BCUT2D eigenvalue weighted by molar-refractivity contribution is 6.33. The molecule has 1 heterocycles. The number of aryl methyl sites for hydroxylation is 1. The Morgan fingerprint density at radius 2 is 2.46 bits per heavy atom. The molecule has 0 fully saturated rings. The molecule has 13 heavy (non-hydrogen) atoms. The van der Waals surface area contributed by atoms with Crippen LogP contribution in [0.5, 0.6) is 0 Å². The molecule has 0 aliphatic heterocycles. The van der Waals surface area contributed by atoms with Crippen LogP contribution in [-0.4, -0.2) is 11.5 Å². The van der Waals surface area contributed by atoms with E-state index in [-0.39, 0.29) is 0 Å². The van der Waals surface area contributed by atoms with E-state index in [0.29, 0.717) is 18.0 Å². The average Bonchev–Trinajstić information content (AvgIpc) is 2.13. The first-order valence-corrected chi connectivity index (χ1v) is 4.35. The number of nitrogens with zero attached hydrogens (tertiary/aromatic N) is 2. The normalized spacial score (nSPS) is 9.31. The van der Waals surface area contributed by atoms with Crippen LogP contribution in [0.15, 0.2) is 12.3 Å². The molecule has 1 rings (SSSR count). The number of nitrogens with one attached hydrogen (secondary N) is 1. The van der Waals surface area contributed by atoms with Gasteiger partial charge in [-0.2, -0.15) is 5.26 Å². The minimum atomic E-state index is 0.470. The van der Waals surface area contributed by atoms with Crippen molar-refractivity contribution in [3.05, 3.63) is 23.0 Å². The fourth-order valence-corrected chi connectivity index (χ4v) is 1.12. The van der Waals surface area contributed by atoms with Gasteiger partial charge in [0.05, 0.1) is 28.9 Å². The molecular weight excluding hydrogens is 186 g/mol. The number of nitriles is 1. The lowest BCUT2D eigenvalue weighted by molar-refractivity contribution is 1.07. The lowest BCUT2D eigenvalue weighted by atomic mass is 10.3. The molecule has 1 N–H and O–H groups in total. The lowest BCUT2D eigenvalue weighted by Gasteiger charge is -2.06. The third-order valence-electron chi connectivity index (χ3n) is 1.62. The minimum Gasteiger partial charge on any atom is -0.383 e. The van der Waals surface area contributed by atoms with Crippen LogP contribution in [0, 0.1) is 18.3 Å². The Labute approximate surface area is 82.4 Å². The van der Waals surface area contributed by atoms with E-state index in [0.717, 1.165) is 11.4 Å². The zero-order chi connectivity index (χ0) is 9.68. The monoisotopic (exact) mass is 195 g/mol. The fraction of sp³-hybridized carbons (Fsp3) is 0.333. The van der Waals surface area contributed by atoms with Crippen LogP contribution >= 0.6 is 11.6 Å². The van der Waals surface area contributed by atoms with Crippen molar-refractivity contribution in [1.82, 2.24) is 4.98 Å². The summed E-state index contributed by atoms with van der Waals surface area (Å²) >= 11 is 5.96. The summed E-state index contributed by atoms with van der Waals surface area (Å²) in [7, 11) is 0. The Kier molecular flexibility index (Phi) is 3.53. The van der Waals surface area contributed by atoms with E-state index in [2.05, 4.69) is 16.4 Å². The molecule has 0 radical (unpaired) electrons. The quantitative estimate of drug-likeness (QED) is 0.754. The molecule has 0 aliphatic carbocycles. The van der Waals surface area contributed by atoms with Gasteiger partial charge in [0, 0.05) is 12.7 Å². The molecule has 0 aromatic carbocycles. The van der Waals surface area contributed by atoms with Crippen molar-refractivity contribution in [2.24, 2.45) is 0 Å². The van der Waals surface area contributed by atoms with Crippen molar-refractivity contribution in [2.45, 2.75) is 13.3 Å². The Bertz CT molecular complexity index is 330. The van der Waals surface area contributed by atoms with E-state index in [1.54, 1.807) is 12.3 Å². The summed E-state index contributed by atoms with van der Waals surface area (Å²) in [5.74, 6) is 0. The van der Waals surface area contributed by atoms with Crippen LogP contribution in [0.4, 0.5) is 5.69 Å². The number of anilines is 1. The topological polar surface area (TPSA) is 48.7 Å². The fourth-order valence-electron chi connectivity index (χ4n) is 0.938. The second-order valence-corrected chi connectivity index (χ2v) is 2.97. The van der Waals surface area contributed by atoms with E-state index in [4.69, 9.17) is 16.9 Å². The number of hydrogen-bond donors (Lipinski definition) is 1. The number of aromatic nitrogens is 1. The summed E-state index contributed by atoms with van der Waals surface area (Å²) in [6, 6.07) is 3.85. The molecule has 1 aromatic heterocycles. The smallest absolute Gasteiger partial charge is 0.0849 e. The molecule has 0 saturated heterocycles. The molecule has 3 nitrogen and oxygen atoms in total. The van der Waals surface area contributed by atoms with Gasteiger partial charge in [0.15, 0.2) is 0 Å². The van der Waals surface area contributed by atoms with Gasteiger partial charge < -0.3 is 5.32 Å². The Morgan fingerprint density at radius 1 is 1.69 bits per heavy atom. The first kappa shape index (κ1) is 9.82. The van der Waals surface area contributed by atoms with Crippen molar-refractivity contribution in [2.75, 3.05) is 11.9 Å². The average molecular weight is 196 g/mol. The number of pyridine rings is 1. The zero-order valence-electron chi connectivity index (χ0n) is 7.34. The summed E-state index contributed by atoms with van der Waals surface area (Å²) < 4.78 is 0. The summed E-state index contributed by atoms with van der Waals surface area (Å²) in [6.45, 7) is 2.46. The van der Waals surface area contributed by atoms with Crippen LogP contribution in [-0.2, 0) is 0 Å². The highest BCUT2D eigenvalue weighted by Gasteiger charge is 2.01. The van der Waals surface area contributed by atoms with Gasteiger partial charge in [0.2, 0.25) is 0 Å². The maximum atomic E-state index is 8.33. The van der Waals surface area contributed by atoms with Crippen LogP contribution in [0.3, 0.4) is 0 Å². The van der Waals surface area contributed by atoms with E-state index in [9.17, 15) is 0 Å². The largest absolute Gasteiger partial charge is 0.383 e. The highest BCUT2D eigenvalue weighted by Crippen LogP contribution is 2.22. The second-order valence-electron chi connectivity index (χ2n) is 2.59. The van der Waals surface area contributed by atoms with Crippen molar-refractivity contribution in [3.8, 4) is 6.07 Å².